The second kappa shape index (κ2) is 8.94. The van der Waals surface area contributed by atoms with Crippen LogP contribution in [-0.2, 0) is 13.0 Å². The number of aliphatic hydroxyl groups excluding tert-OH is 1. The first-order valence-corrected chi connectivity index (χ1v) is 10.3. The topological polar surface area (TPSA) is 97.7 Å². The first-order valence-electron chi connectivity index (χ1n) is 10.3. The van der Waals surface area contributed by atoms with E-state index in [1.807, 2.05) is 30.1 Å². The molecular weight excluding hydrogens is 411 g/mol. The number of hydrogen-bond donors (Lipinski definition) is 4. The van der Waals surface area contributed by atoms with Crippen molar-refractivity contribution in [3.05, 3.63) is 70.7 Å². The van der Waals surface area contributed by atoms with Gasteiger partial charge in [-0.25, -0.2) is 9.37 Å². The van der Waals surface area contributed by atoms with Crippen LogP contribution in [0.15, 0.2) is 42.6 Å². The van der Waals surface area contributed by atoms with Gasteiger partial charge in [0, 0.05) is 37.5 Å². The molecule has 4 N–H and O–H groups in total. The maximum absolute atomic E-state index is 14.4. The molecule has 0 unspecified atom stereocenters. The van der Waals surface area contributed by atoms with Gasteiger partial charge < -0.3 is 20.8 Å². The smallest absolute Gasteiger partial charge is 0.173 e. The van der Waals surface area contributed by atoms with Crippen LogP contribution >= 0.6 is 0 Å². The maximum Gasteiger partial charge on any atom is 0.173 e. The van der Waals surface area contributed by atoms with Crippen molar-refractivity contribution in [2.24, 2.45) is 0 Å². The molecule has 0 saturated heterocycles. The summed E-state index contributed by atoms with van der Waals surface area (Å²) in [4.78, 5) is 19.5. The highest BCUT2D eigenvalue weighted by Crippen LogP contribution is 2.35. The third kappa shape index (κ3) is 4.42. The molecule has 3 aromatic rings. The van der Waals surface area contributed by atoms with E-state index in [9.17, 15) is 14.3 Å². The van der Waals surface area contributed by atoms with Gasteiger partial charge in [-0.05, 0) is 48.9 Å². The molecule has 0 amide bonds. The predicted molar refractivity (Wildman–Crippen MR) is 122 cm³/mol. The molecule has 1 aromatic heterocycles. The largest absolute Gasteiger partial charge is 0.508 e. The SMILES string of the molecule is Cc1cc(F)c(Nc2ccnc3c2C(=O)Cc2cc(CN(C)CCO)ccc2N3)cc1O. The van der Waals surface area contributed by atoms with E-state index in [1.165, 1.54) is 18.3 Å². The van der Waals surface area contributed by atoms with Crippen LogP contribution in [0, 0.1) is 12.7 Å². The summed E-state index contributed by atoms with van der Waals surface area (Å²) in [6, 6.07) is 10.0. The number of likely N-dealkylation sites (N-methyl/N-ethyl adjacent to an activating group) is 1. The van der Waals surface area contributed by atoms with E-state index >= 15 is 0 Å². The van der Waals surface area contributed by atoms with Crippen LogP contribution in [0.1, 0.15) is 27.0 Å². The number of anilines is 4. The predicted octanol–water partition coefficient (Wildman–Crippen LogP) is 3.88. The lowest BCUT2D eigenvalue weighted by Gasteiger charge is -2.16. The third-order valence-electron chi connectivity index (χ3n) is 5.49. The van der Waals surface area contributed by atoms with Gasteiger partial charge in [0.1, 0.15) is 17.4 Å². The molecule has 0 atom stereocenters. The molecule has 32 heavy (non-hydrogen) atoms. The van der Waals surface area contributed by atoms with Crippen molar-refractivity contribution in [2.45, 2.75) is 19.9 Å². The Morgan fingerprint density at radius 3 is 2.81 bits per heavy atom. The summed E-state index contributed by atoms with van der Waals surface area (Å²) in [5, 5.41) is 25.2. The molecule has 0 spiro atoms. The van der Waals surface area contributed by atoms with Gasteiger partial charge in [-0.15, -0.1) is 0 Å². The van der Waals surface area contributed by atoms with Crippen molar-refractivity contribution in [1.29, 1.82) is 0 Å². The number of nitrogens with one attached hydrogen (secondary N) is 2. The van der Waals surface area contributed by atoms with Crippen LogP contribution in [0.2, 0.25) is 0 Å². The monoisotopic (exact) mass is 436 g/mol. The molecular formula is C24H25FN4O3. The number of halogens is 1. The summed E-state index contributed by atoms with van der Waals surface area (Å²) < 4.78 is 14.4. The number of aryl methyl sites for hydroxylation is 1. The molecule has 0 radical (unpaired) electrons. The van der Waals surface area contributed by atoms with E-state index in [1.54, 1.807) is 13.0 Å². The van der Waals surface area contributed by atoms with Crippen molar-refractivity contribution in [3.63, 3.8) is 0 Å². The summed E-state index contributed by atoms with van der Waals surface area (Å²) in [6.07, 6.45) is 1.70. The van der Waals surface area contributed by atoms with Gasteiger partial charge >= 0.3 is 0 Å². The average molecular weight is 436 g/mol. The summed E-state index contributed by atoms with van der Waals surface area (Å²) in [5.74, 6) is -0.329. The molecule has 1 aliphatic heterocycles. The number of pyridine rings is 1. The fourth-order valence-corrected chi connectivity index (χ4v) is 3.81. The Balaban J connectivity index is 1.65. The second-order valence-corrected chi connectivity index (χ2v) is 8.00. The van der Waals surface area contributed by atoms with E-state index in [0.29, 0.717) is 35.7 Å². The standard InChI is InChI=1S/C24H25FN4O3/c1-14-9-17(25)20(12-21(14)31)27-19-5-6-26-24-23(19)22(32)11-16-10-15(3-4-18(16)28-24)13-29(2)7-8-30/h3-6,9-10,12,30-31H,7-8,11,13H2,1-2H3,(H2,26,27,28). The number of aromatic hydroxyl groups is 1. The number of hydrogen-bond acceptors (Lipinski definition) is 7. The van der Waals surface area contributed by atoms with Crippen LogP contribution in [0.4, 0.5) is 27.3 Å². The number of benzene rings is 2. The van der Waals surface area contributed by atoms with E-state index in [-0.39, 0.29) is 30.2 Å². The molecule has 166 valence electrons. The molecule has 0 bridgehead atoms. The van der Waals surface area contributed by atoms with Gasteiger partial charge in [0.15, 0.2) is 5.78 Å². The number of ketones is 1. The zero-order valence-electron chi connectivity index (χ0n) is 17.9. The van der Waals surface area contributed by atoms with Gasteiger partial charge in [0.25, 0.3) is 0 Å². The molecule has 8 heteroatoms. The van der Waals surface area contributed by atoms with Crippen LogP contribution in [0.25, 0.3) is 0 Å². The molecule has 2 heterocycles. The third-order valence-corrected chi connectivity index (χ3v) is 5.49. The number of aromatic nitrogens is 1. The number of rotatable bonds is 6. The number of nitrogens with zero attached hydrogens (tertiary/aromatic N) is 2. The molecule has 1 aliphatic rings. The molecule has 7 nitrogen and oxygen atoms in total. The van der Waals surface area contributed by atoms with Crippen LogP contribution in [-0.4, -0.2) is 46.1 Å². The number of carbonyl (C=O) groups excluding carboxylic acids is 1. The summed E-state index contributed by atoms with van der Waals surface area (Å²) in [6.45, 7) is 2.90. The Morgan fingerprint density at radius 2 is 2.03 bits per heavy atom. The highest BCUT2D eigenvalue weighted by atomic mass is 19.1. The highest BCUT2D eigenvalue weighted by molar-refractivity contribution is 6.09. The number of phenolic OH excluding ortho intramolecular Hbond substituents is 1. The Morgan fingerprint density at radius 1 is 1.22 bits per heavy atom. The highest BCUT2D eigenvalue weighted by Gasteiger charge is 2.24. The van der Waals surface area contributed by atoms with Gasteiger partial charge in [0.05, 0.1) is 23.5 Å². The van der Waals surface area contributed by atoms with E-state index in [2.05, 4.69) is 15.6 Å². The van der Waals surface area contributed by atoms with Crippen molar-refractivity contribution in [2.75, 3.05) is 30.8 Å². The first-order chi connectivity index (χ1) is 15.4. The Kier molecular flexibility index (Phi) is 6.07. The minimum absolute atomic E-state index is 0.0374. The number of aliphatic hydroxyl groups is 1. The molecule has 0 saturated carbocycles. The fraction of sp³-hybridized carbons (Fsp3) is 0.250. The molecule has 0 aliphatic carbocycles. The fourth-order valence-electron chi connectivity index (χ4n) is 3.81. The molecule has 2 aromatic carbocycles. The normalized spacial score (nSPS) is 12.7. The lowest BCUT2D eigenvalue weighted by molar-refractivity contribution is 0.0995. The van der Waals surface area contributed by atoms with Gasteiger partial charge in [-0.2, -0.15) is 0 Å². The molecule has 4 rings (SSSR count). The van der Waals surface area contributed by atoms with Gasteiger partial charge in [0.2, 0.25) is 0 Å². The Hall–Kier alpha value is -3.49. The van der Waals surface area contributed by atoms with Crippen molar-refractivity contribution < 1.29 is 19.4 Å². The zero-order valence-corrected chi connectivity index (χ0v) is 17.9. The number of Topliss-reactive ketones (excluding diaryl/α,β-unsaturated/α-hetero) is 1. The average Bonchev–Trinajstić information content (AvgIpc) is 2.88. The lowest BCUT2D eigenvalue weighted by atomic mass is 10.0. The van der Waals surface area contributed by atoms with Crippen LogP contribution < -0.4 is 10.6 Å². The van der Waals surface area contributed by atoms with Gasteiger partial charge in [-0.1, -0.05) is 12.1 Å². The van der Waals surface area contributed by atoms with E-state index < -0.39 is 5.82 Å². The Bertz CT molecular complexity index is 1180. The maximum atomic E-state index is 14.4. The van der Waals surface area contributed by atoms with Crippen molar-refractivity contribution >= 4 is 28.7 Å². The van der Waals surface area contributed by atoms with E-state index in [0.717, 1.165) is 16.8 Å². The quantitative estimate of drug-likeness (QED) is 0.465. The first kappa shape index (κ1) is 21.7. The van der Waals surface area contributed by atoms with Crippen molar-refractivity contribution in [3.8, 4) is 5.75 Å². The summed E-state index contributed by atoms with van der Waals surface area (Å²) in [7, 11) is 1.92. The van der Waals surface area contributed by atoms with Crippen LogP contribution in [0.5, 0.6) is 5.75 Å². The lowest BCUT2D eigenvalue weighted by Crippen LogP contribution is -2.21. The Labute approximate surface area is 185 Å². The number of fused-ring (bicyclic) bond motifs is 2. The number of carbonyl (C=O) groups is 1. The van der Waals surface area contributed by atoms with Crippen LogP contribution in [0.3, 0.4) is 0 Å². The molecule has 0 fully saturated rings. The number of phenols is 1. The summed E-state index contributed by atoms with van der Waals surface area (Å²) >= 11 is 0. The second-order valence-electron chi connectivity index (χ2n) is 8.00. The van der Waals surface area contributed by atoms with Crippen molar-refractivity contribution in [1.82, 2.24) is 9.88 Å². The zero-order chi connectivity index (χ0) is 22.8. The minimum atomic E-state index is -0.528. The summed E-state index contributed by atoms with van der Waals surface area (Å²) in [5.41, 5.74) is 3.90. The van der Waals surface area contributed by atoms with Gasteiger partial charge in [-0.3, -0.25) is 9.69 Å². The van der Waals surface area contributed by atoms with E-state index in [4.69, 9.17) is 5.11 Å². The minimum Gasteiger partial charge on any atom is -0.508 e.